The van der Waals surface area contributed by atoms with Crippen molar-refractivity contribution in [3.8, 4) is 0 Å². The third-order valence-electron chi connectivity index (χ3n) is 4.01. The summed E-state index contributed by atoms with van der Waals surface area (Å²) in [4.78, 5) is 2.33. The van der Waals surface area contributed by atoms with Crippen molar-refractivity contribution in [3.05, 3.63) is 0 Å². The van der Waals surface area contributed by atoms with Gasteiger partial charge in [-0.2, -0.15) is 0 Å². The second-order valence-corrected chi connectivity index (χ2v) is 5.90. The fraction of sp³-hybridized carbons (Fsp3) is 1.00. The Hall–Kier alpha value is -0.120. The molecule has 0 aromatic heterocycles. The smallest absolute Gasteiger partial charge is 0.0586 e. The second kappa shape index (κ2) is 7.34. The van der Waals surface area contributed by atoms with Crippen molar-refractivity contribution in [1.29, 1.82) is 0 Å². The number of nitrogens with zero attached hydrogens (tertiary/aromatic N) is 1. The maximum absolute atomic E-state index is 5.47. The summed E-state index contributed by atoms with van der Waals surface area (Å²) in [5, 5.41) is 3.73. The van der Waals surface area contributed by atoms with Gasteiger partial charge >= 0.3 is 0 Å². The van der Waals surface area contributed by atoms with Gasteiger partial charge in [0.15, 0.2) is 0 Å². The molecule has 3 unspecified atom stereocenters. The van der Waals surface area contributed by atoms with Gasteiger partial charge in [0.05, 0.1) is 6.10 Å². The maximum Gasteiger partial charge on any atom is 0.0586 e. The second-order valence-electron chi connectivity index (χ2n) is 5.90. The van der Waals surface area contributed by atoms with Gasteiger partial charge in [0.25, 0.3) is 0 Å². The van der Waals surface area contributed by atoms with E-state index in [1.165, 1.54) is 25.7 Å². The molecular formula is C14H30N2O. The molecule has 0 aromatic carbocycles. The molecule has 0 aliphatic heterocycles. The van der Waals surface area contributed by atoms with E-state index >= 15 is 0 Å². The van der Waals surface area contributed by atoms with Gasteiger partial charge < -0.3 is 15.0 Å². The molecule has 0 saturated heterocycles. The van der Waals surface area contributed by atoms with Crippen molar-refractivity contribution in [2.75, 3.05) is 27.7 Å². The average molecular weight is 242 g/mol. The lowest BCUT2D eigenvalue weighted by atomic mass is 9.92. The maximum atomic E-state index is 5.47. The van der Waals surface area contributed by atoms with E-state index in [0.717, 1.165) is 6.54 Å². The molecule has 3 heteroatoms. The molecule has 1 N–H and O–H groups in total. The quantitative estimate of drug-likeness (QED) is 0.772. The summed E-state index contributed by atoms with van der Waals surface area (Å²) in [6.07, 6.45) is 5.48. The van der Waals surface area contributed by atoms with Crippen LogP contribution in [0.3, 0.4) is 0 Å². The molecule has 3 atom stereocenters. The molecule has 1 fully saturated rings. The van der Waals surface area contributed by atoms with E-state index in [4.69, 9.17) is 4.74 Å². The molecule has 17 heavy (non-hydrogen) atoms. The van der Waals surface area contributed by atoms with Crippen LogP contribution in [0.2, 0.25) is 0 Å². The highest BCUT2D eigenvalue weighted by Gasteiger charge is 2.23. The number of methoxy groups -OCH3 is 1. The third kappa shape index (κ3) is 4.94. The topological polar surface area (TPSA) is 24.5 Å². The molecule has 3 nitrogen and oxygen atoms in total. The molecule has 1 rings (SSSR count). The van der Waals surface area contributed by atoms with E-state index < -0.39 is 0 Å². The van der Waals surface area contributed by atoms with Gasteiger partial charge in [0, 0.05) is 25.7 Å². The molecule has 0 radical (unpaired) electrons. The minimum Gasteiger partial charge on any atom is -0.381 e. The van der Waals surface area contributed by atoms with Crippen molar-refractivity contribution in [2.45, 2.75) is 57.7 Å². The summed E-state index contributed by atoms with van der Waals surface area (Å²) in [7, 11) is 6.18. The van der Waals surface area contributed by atoms with Crippen LogP contribution in [0.1, 0.15) is 39.5 Å². The number of likely N-dealkylation sites (N-methyl/N-ethyl adjacent to an activating group) is 1. The zero-order valence-corrected chi connectivity index (χ0v) is 12.2. The van der Waals surface area contributed by atoms with Crippen molar-refractivity contribution >= 4 is 0 Å². The first-order valence-electron chi connectivity index (χ1n) is 6.97. The molecule has 0 heterocycles. The lowest BCUT2D eigenvalue weighted by Crippen LogP contribution is -2.46. The van der Waals surface area contributed by atoms with Crippen LogP contribution in [0.5, 0.6) is 0 Å². The van der Waals surface area contributed by atoms with E-state index in [1.807, 2.05) is 7.11 Å². The van der Waals surface area contributed by atoms with E-state index in [9.17, 15) is 0 Å². The van der Waals surface area contributed by atoms with Gasteiger partial charge in [0.2, 0.25) is 0 Å². The standard InChI is InChI=1S/C14H30N2O/c1-11(2)14(16(3)4)10-15-12-7-6-8-13(9-12)17-5/h11-15H,6-10H2,1-5H3. The summed E-state index contributed by atoms with van der Waals surface area (Å²) >= 11 is 0. The lowest BCUT2D eigenvalue weighted by molar-refractivity contribution is 0.0571. The Morgan fingerprint density at radius 3 is 2.53 bits per heavy atom. The van der Waals surface area contributed by atoms with E-state index in [0.29, 0.717) is 24.1 Å². The molecule has 1 saturated carbocycles. The zero-order chi connectivity index (χ0) is 12.8. The summed E-state index contributed by atoms with van der Waals surface area (Å²) < 4.78 is 5.47. The highest BCUT2D eigenvalue weighted by Crippen LogP contribution is 2.21. The van der Waals surface area contributed by atoms with E-state index in [2.05, 4.69) is 38.2 Å². The van der Waals surface area contributed by atoms with Crippen LogP contribution in [0, 0.1) is 5.92 Å². The number of nitrogens with one attached hydrogen (secondary N) is 1. The van der Waals surface area contributed by atoms with Gasteiger partial charge in [-0.3, -0.25) is 0 Å². The summed E-state index contributed by atoms with van der Waals surface area (Å²) in [6, 6.07) is 1.27. The Balaban J connectivity index is 2.33. The Kier molecular flexibility index (Phi) is 6.45. The van der Waals surface area contributed by atoms with Crippen LogP contribution in [-0.4, -0.2) is 50.8 Å². The zero-order valence-electron chi connectivity index (χ0n) is 12.2. The van der Waals surface area contributed by atoms with Gasteiger partial charge in [-0.15, -0.1) is 0 Å². The fourth-order valence-electron chi connectivity index (χ4n) is 2.85. The monoisotopic (exact) mass is 242 g/mol. The van der Waals surface area contributed by atoms with Crippen LogP contribution in [-0.2, 0) is 4.74 Å². The highest BCUT2D eigenvalue weighted by molar-refractivity contribution is 4.81. The summed E-state index contributed by atoms with van der Waals surface area (Å²) in [6.45, 7) is 5.68. The Bertz CT molecular complexity index is 198. The first kappa shape index (κ1) is 14.9. The molecule has 1 aliphatic rings. The van der Waals surface area contributed by atoms with Crippen LogP contribution in [0.4, 0.5) is 0 Å². The predicted molar refractivity (Wildman–Crippen MR) is 73.4 cm³/mol. The van der Waals surface area contributed by atoms with Crippen molar-refractivity contribution in [2.24, 2.45) is 5.92 Å². The summed E-state index contributed by atoms with van der Waals surface area (Å²) in [5.74, 6) is 0.694. The van der Waals surface area contributed by atoms with Crippen molar-refractivity contribution in [1.82, 2.24) is 10.2 Å². The molecule has 0 amide bonds. The van der Waals surface area contributed by atoms with Crippen LogP contribution < -0.4 is 5.32 Å². The molecular weight excluding hydrogens is 212 g/mol. The average Bonchev–Trinajstić information content (AvgIpc) is 2.28. The molecule has 0 bridgehead atoms. The molecule has 0 spiro atoms. The van der Waals surface area contributed by atoms with E-state index in [-0.39, 0.29) is 0 Å². The van der Waals surface area contributed by atoms with Gasteiger partial charge in [-0.25, -0.2) is 0 Å². The number of rotatable bonds is 6. The minimum atomic E-state index is 0.470. The Morgan fingerprint density at radius 2 is 2.00 bits per heavy atom. The predicted octanol–water partition coefficient (Wildman–Crippen LogP) is 2.12. The number of hydrogen-bond donors (Lipinski definition) is 1. The van der Waals surface area contributed by atoms with Crippen molar-refractivity contribution in [3.63, 3.8) is 0 Å². The normalized spacial score (nSPS) is 27.7. The SMILES string of the molecule is COC1CCCC(NCC(C(C)C)N(C)C)C1. The first-order chi connectivity index (χ1) is 8.04. The minimum absolute atomic E-state index is 0.470. The molecule has 102 valence electrons. The Morgan fingerprint density at radius 1 is 1.29 bits per heavy atom. The van der Waals surface area contributed by atoms with Crippen LogP contribution in [0.25, 0.3) is 0 Å². The van der Waals surface area contributed by atoms with Gasteiger partial charge in [-0.05, 0) is 45.7 Å². The molecule has 1 aliphatic carbocycles. The lowest BCUT2D eigenvalue weighted by Gasteiger charge is -2.33. The van der Waals surface area contributed by atoms with Crippen LogP contribution in [0.15, 0.2) is 0 Å². The van der Waals surface area contributed by atoms with Crippen molar-refractivity contribution < 1.29 is 4.74 Å². The third-order valence-corrected chi connectivity index (χ3v) is 4.01. The highest BCUT2D eigenvalue weighted by atomic mass is 16.5. The fourth-order valence-corrected chi connectivity index (χ4v) is 2.85. The van der Waals surface area contributed by atoms with Crippen LogP contribution >= 0.6 is 0 Å². The number of ether oxygens (including phenoxy) is 1. The Labute approximate surface area is 107 Å². The number of hydrogen-bond acceptors (Lipinski definition) is 3. The van der Waals surface area contributed by atoms with Gasteiger partial charge in [-0.1, -0.05) is 13.8 Å². The largest absolute Gasteiger partial charge is 0.381 e. The first-order valence-corrected chi connectivity index (χ1v) is 6.97. The molecule has 0 aromatic rings. The summed E-state index contributed by atoms with van der Waals surface area (Å²) in [5.41, 5.74) is 0. The van der Waals surface area contributed by atoms with E-state index in [1.54, 1.807) is 0 Å². The van der Waals surface area contributed by atoms with Gasteiger partial charge in [0.1, 0.15) is 0 Å².